The van der Waals surface area contributed by atoms with Crippen molar-refractivity contribution in [1.82, 2.24) is 10.1 Å². The number of nitrogens with zero attached hydrogens (tertiary/aromatic N) is 2. The van der Waals surface area contributed by atoms with Crippen LogP contribution in [-0.2, 0) is 5.75 Å². The molecule has 2 aromatic rings. The van der Waals surface area contributed by atoms with Gasteiger partial charge in [0.2, 0.25) is 5.89 Å². The third-order valence-corrected chi connectivity index (χ3v) is 3.06. The molecule has 0 saturated carbocycles. The van der Waals surface area contributed by atoms with Crippen LogP contribution in [0.4, 0.5) is 0 Å². The van der Waals surface area contributed by atoms with Gasteiger partial charge in [-0.1, -0.05) is 23.4 Å². The second-order valence-corrected chi connectivity index (χ2v) is 4.19. The van der Waals surface area contributed by atoms with Gasteiger partial charge in [-0.15, -0.1) is 11.8 Å². The van der Waals surface area contributed by atoms with Crippen molar-refractivity contribution in [2.45, 2.75) is 17.6 Å². The number of carbonyl (C=O) groups excluding carboxylic acids is 1. The van der Waals surface area contributed by atoms with Gasteiger partial charge >= 0.3 is 0 Å². The van der Waals surface area contributed by atoms with Crippen molar-refractivity contribution < 1.29 is 9.32 Å². The average molecular weight is 234 g/mol. The number of benzene rings is 1. The Morgan fingerprint density at radius 2 is 2.25 bits per heavy atom. The lowest BCUT2D eigenvalue weighted by molar-refractivity contribution is 0.112. The highest BCUT2D eigenvalue weighted by Gasteiger charge is 2.05. The molecule has 5 heteroatoms. The third-order valence-electron chi connectivity index (χ3n) is 1.97. The van der Waals surface area contributed by atoms with Gasteiger partial charge in [-0.05, 0) is 6.07 Å². The SMILES string of the molecule is Cc1nc(CSc2ccccc2C=O)no1. The van der Waals surface area contributed by atoms with Crippen molar-refractivity contribution in [1.29, 1.82) is 0 Å². The monoisotopic (exact) mass is 234 g/mol. The van der Waals surface area contributed by atoms with Crippen molar-refractivity contribution in [2.75, 3.05) is 0 Å². The first-order valence-electron chi connectivity index (χ1n) is 4.76. The second kappa shape index (κ2) is 4.94. The van der Waals surface area contributed by atoms with Gasteiger partial charge in [0.25, 0.3) is 0 Å². The van der Waals surface area contributed by atoms with Gasteiger partial charge in [0.05, 0.1) is 5.75 Å². The minimum atomic E-state index is 0.555. The molecule has 0 radical (unpaired) electrons. The largest absolute Gasteiger partial charge is 0.340 e. The quantitative estimate of drug-likeness (QED) is 0.601. The summed E-state index contributed by atoms with van der Waals surface area (Å²) in [6.07, 6.45) is 0.851. The summed E-state index contributed by atoms with van der Waals surface area (Å²) in [4.78, 5) is 15.8. The van der Waals surface area contributed by atoms with Gasteiger partial charge < -0.3 is 4.52 Å². The molecule has 1 aromatic heterocycles. The average Bonchev–Trinajstić information content (AvgIpc) is 2.73. The standard InChI is InChI=1S/C11H10N2O2S/c1-8-12-11(13-15-8)7-16-10-5-3-2-4-9(10)6-14/h2-6H,7H2,1H3. The lowest BCUT2D eigenvalue weighted by atomic mass is 10.2. The van der Waals surface area contributed by atoms with E-state index in [4.69, 9.17) is 4.52 Å². The van der Waals surface area contributed by atoms with Gasteiger partial charge in [0.15, 0.2) is 12.1 Å². The predicted molar refractivity (Wildman–Crippen MR) is 60.4 cm³/mol. The summed E-state index contributed by atoms with van der Waals surface area (Å²) in [5, 5.41) is 3.79. The fourth-order valence-electron chi connectivity index (χ4n) is 1.25. The summed E-state index contributed by atoms with van der Waals surface area (Å²) < 4.78 is 4.87. The first kappa shape index (κ1) is 10.9. The molecular weight excluding hydrogens is 224 g/mol. The van der Waals surface area contributed by atoms with E-state index in [2.05, 4.69) is 10.1 Å². The normalized spacial score (nSPS) is 10.3. The summed E-state index contributed by atoms with van der Waals surface area (Å²) in [5.41, 5.74) is 0.688. The van der Waals surface area contributed by atoms with Crippen LogP contribution < -0.4 is 0 Å². The van der Waals surface area contributed by atoms with Crippen LogP contribution in [0.3, 0.4) is 0 Å². The molecule has 16 heavy (non-hydrogen) atoms. The zero-order valence-corrected chi connectivity index (χ0v) is 9.53. The van der Waals surface area contributed by atoms with Crippen LogP contribution in [0, 0.1) is 6.92 Å². The zero-order chi connectivity index (χ0) is 11.4. The first-order valence-corrected chi connectivity index (χ1v) is 5.74. The minimum Gasteiger partial charge on any atom is -0.340 e. The van der Waals surface area contributed by atoms with Crippen LogP contribution in [0.5, 0.6) is 0 Å². The lowest BCUT2D eigenvalue weighted by Gasteiger charge is -2.01. The van der Waals surface area contributed by atoms with Crippen molar-refractivity contribution in [3.63, 3.8) is 0 Å². The maximum absolute atomic E-state index is 10.8. The van der Waals surface area contributed by atoms with Crippen molar-refractivity contribution in [3.05, 3.63) is 41.5 Å². The number of thioether (sulfide) groups is 1. The fourth-order valence-corrected chi connectivity index (χ4v) is 2.11. The number of aldehydes is 1. The molecule has 0 aliphatic carbocycles. The smallest absolute Gasteiger partial charge is 0.223 e. The molecule has 0 N–H and O–H groups in total. The van der Waals surface area contributed by atoms with Gasteiger partial charge in [0.1, 0.15) is 0 Å². The number of aryl methyl sites for hydroxylation is 1. The minimum absolute atomic E-state index is 0.555. The van der Waals surface area contributed by atoms with Crippen LogP contribution in [0.1, 0.15) is 22.1 Å². The van der Waals surface area contributed by atoms with Gasteiger partial charge in [-0.3, -0.25) is 4.79 Å². The molecule has 0 aliphatic rings. The number of aromatic nitrogens is 2. The van der Waals surface area contributed by atoms with Crippen molar-refractivity contribution >= 4 is 18.0 Å². The van der Waals surface area contributed by atoms with Crippen molar-refractivity contribution in [3.8, 4) is 0 Å². The number of hydrogen-bond donors (Lipinski definition) is 0. The zero-order valence-electron chi connectivity index (χ0n) is 8.71. The number of rotatable bonds is 4. The molecule has 0 aliphatic heterocycles. The predicted octanol–water partition coefficient (Wildman–Crippen LogP) is 2.48. The van der Waals surface area contributed by atoms with E-state index >= 15 is 0 Å². The Morgan fingerprint density at radius 3 is 2.94 bits per heavy atom. The summed E-state index contributed by atoms with van der Waals surface area (Å²) in [6.45, 7) is 1.75. The van der Waals surface area contributed by atoms with Crippen LogP contribution in [0.15, 0.2) is 33.7 Å². The number of carbonyl (C=O) groups is 1. The Balaban J connectivity index is 2.07. The first-order chi connectivity index (χ1) is 7.79. The van der Waals surface area contributed by atoms with E-state index in [9.17, 15) is 4.79 Å². The molecule has 0 spiro atoms. The van der Waals surface area contributed by atoms with E-state index in [0.29, 0.717) is 23.0 Å². The molecule has 0 bridgehead atoms. The highest BCUT2D eigenvalue weighted by Crippen LogP contribution is 2.24. The summed E-state index contributed by atoms with van der Waals surface area (Å²) in [7, 11) is 0. The summed E-state index contributed by atoms with van der Waals surface area (Å²) in [5.74, 6) is 1.80. The fraction of sp³-hybridized carbons (Fsp3) is 0.182. The van der Waals surface area contributed by atoms with Crippen LogP contribution in [-0.4, -0.2) is 16.4 Å². The Morgan fingerprint density at radius 1 is 1.44 bits per heavy atom. The van der Waals surface area contributed by atoms with E-state index in [-0.39, 0.29) is 0 Å². The van der Waals surface area contributed by atoms with E-state index in [1.807, 2.05) is 18.2 Å². The Kier molecular flexibility index (Phi) is 3.36. The van der Waals surface area contributed by atoms with E-state index in [1.54, 1.807) is 13.0 Å². The van der Waals surface area contributed by atoms with Gasteiger partial charge in [-0.2, -0.15) is 4.98 Å². The third kappa shape index (κ3) is 2.49. The Hall–Kier alpha value is -1.62. The highest BCUT2D eigenvalue weighted by molar-refractivity contribution is 7.98. The second-order valence-electron chi connectivity index (χ2n) is 3.17. The van der Waals surface area contributed by atoms with Gasteiger partial charge in [-0.25, -0.2) is 0 Å². The molecule has 1 aromatic carbocycles. The van der Waals surface area contributed by atoms with Crippen molar-refractivity contribution in [2.24, 2.45) is 0 Å². The van der Waals surface area contributed by atoms with E-state index < -0.39 is 0 Å². The molecule has 4 nitrogen and oxygen atoms in total. The molecule has 0 unspecified atom stereocenters. The Bertz CT molecular complexity index is 496. The van der Waals surface area contributed by atoms with E-state index in [0.717, 1.165) is 11.2 Å². The molecule has 2 rings (SSSR count). The molecule has 0 saturated heterocycles. The maximum atomic E-state index is 10.8. The molecule has 0 atom stereocenters. The van der Waals surface area contributed by atoms with Crippen LogP contribution in [0.2, 0.25) is 0 Å². The molecule has 82 valence electrons. The topological polar surface area (TPSA) is 56.0 Å². The summed E-state index contributed by atoms with van der Waals surface area (Å²) >= 11 is 1.52. The molecule has 1 heterocycles. The van der Waals surface area contributed by atoms with Crippen LogP contribution in [0.25, 0.3) is 0 Å². The van der Waals surface area contributed by atoms with E-state index in [1.165, 1.54) is 11.8 Å². The van der Waals surface area contributed by atoms with Crippen LogP contribution >= 0.6 is 11.8 Å². The Labute approximate surface area is 97.1 Å². The van der Waals surface area contributed by atoms with Gasteiger partial charge in [0, 0.05) is 17.4 Å². The molecule has 0 fully saturated rings. The number of hydrogen-bond acceptors (Lipinski definition) is 5. The lowest BCUT2D eigenvalue weighted by Crippen LogP contribution is -1.87. The highest BCUT2D eigenvalue weighted by atomic mass is 32.2. The molecule has 0 amide bonds. The molecular formula is C11H10N2O2S. The maximum Gasteiger partial charge on any atom is 0.223 e. The summed E-state index contributed by atoms with van der Waals surface area (Å²) in [6, 6.07) is 7.43.